The molecule has 2 fully saturated rings. The van der Waals surface area contributed by atoms with E-state index in [9.17, 15) is 0 Å². The standard InChI is InChI=1S/C11H20O/c1-8-7-12-11-6-4-3-5-10(11)9(8)2/h8-11H,3-7H2,1-2H3/t8-,9-,10?,11?/m1/s1. The van der Waals surface area contributed by atoms with Crippen molar-refractivity contribution in [1.82, 2.24) is 0 Å². The van der Waals surface area contributed by atoms with Crippen molar-refractivity contribution in [1.29, 1.82) is 0 Å². The van der Waals surface area contributed by atoms with E-state index in [0.29, 0.717) is 6.10 Å². The van der Waals surface area contributed by atoms with Gasteiger partial charge in [-0.25, -0.2) is 0 Å². The number of hydrogen-bond acceptors (Lipinski definition) is 1. The molecule has 0 radical (unpaired) electrons. The summed E-state index contributed by atoms with van der Waals surface area (Å²) in [4.78, 5) is 0. The summed E-state index contributed by atoms with van der Waals surface area (Å²) in [6.07, 6.45) is 6.17. The second kappa shape index (κ2) is 3.37. The molecule has 12 heavy (non-hydrogen) atoms. The summed E-state index contributed by atoms with van der Waals surface area (Å²) in [7, 11) is 0. The monoisotopic (exact) mass is 168 g/mol. The molecule has 0 aromatic rings. The molecule has 1 nitrogen and oxygen atoms in total. The van der Waals surface area contributed by atoms with E-state index < -0.39 is 0 Å². The lowest BCUT2D eigenvalue weighted by Crippen LogP contribution is -2.41. The molecule has 1 aliphatic carbocycles. The maximum atomic E-state index is 5.86. The van der Waals surface area contributed by atoms with Crippen LogP contribution in [0.15, 0.2) is 0 Å². The van der Waals surface area contributed by atoms with Crippen molar-refractivity contribution < 1.29 is 4.74 Å². The molecule has 2 aliphatic rings. The van der Waals surface area contributed by atoms with Crippen molar-refractivity contribution in [2.45, 2.75) is 45.6 Å². The van der Waals surface area contributed by atoms with Gasteiger partial charge in [0.1, 0.15) is 0 Å². The van der Waals surface area contributed by atoms with Crippen LogP contribution in [-0.2, 0) is 4.74 Å². The van der Waals surface area contributed by atoms with Crippen LogP contribution in [0.1, 0.15) is 39.5 Å². The third-order valence-electron chi connectivity index (χ3n) is 3.90. The van der Waals surface area contributed by atoms with Crippen LogP contribution in [0.25, 0.3) is 0 Å². The highest BCUT2D eigenvalue weighted by Crippen LogP contribution is 2.39. The quantitative estimate of drug-likeness (QED) is 0.540. The van der Waals surface area contributed by atoms with Crippen molar-refractivity contribution in [3.05, 3.63) is 0 Å². The lowest BCUT2D eigenvalue weighted by molar-refractivity contribution is -0.0994. The molecule has 1 saturated carbocycles. The second-order valence-electron chi connectivity index (χ2n) is 4.66. The lowest BCUT2D eigenvalue weighted by Gasteiger charge is -2.43. The Hall–Kier alpha value is -0.0400. The van der Waals surface area contributed by atoms with E-state index in [4.69, 9.17) is 4.74 Å². The summed E-state index contributed by atoms with van der Waals surface area (Å²) < 4.78 is 5.86. The van der Waals surface area contributed by atoms with Gasteiger partial charge in [0.15, 0.2) is 0 Å². The van der Waals surface area contributed by atoms with Crippen LogP contribution < -0.4 is 0 Å². The zero-order valence-electron chi connectivity index (χ0n) is 8.25. The van der Waals surface area contributed by atoms with E-state index in [1.54, 1.807) is 0 Å². The first-order valence-corrected chi connectivity index (χ1v) is 5.40. The minimum Gasteiger partial charge on any atom is -0.378 e. The first-order chi connectivity index (χ1) is 5.79. The van der Waals surface area contributed by atoms with E-state index in [2.05, 4.69) is 13.8 Å². The van der Waals surface area contributed by atoms with Crippen molar-refractivity contribution in [2.24, 2.45) is 17.8 Å². The molecule has 1 saturated heterocycles. The minimum absolute atomic E-state index is 0.616. The zero-order chi connectivity index (χ0) is 8.55. The zero-order valence-corrected chi connectivity index (χ0v) is 8.25. The van der Waals surface area contributed by atoms with Crippen molar-refractivity contribution >= 4 is 0 Å². The van der Waals surface area contributed by atoms with Gasteiger partial charge in [0.2, 0.25) is 0 Å². The largest absolute Gasteiger partial charge is 0.378 e. The molecule has 70 valence electrons. The van der Waals surface area contributed by atoms with Gasteiger partial charge in [0.05, 0.1) is 6.10 Å². The summed E-state index contributed by atoms with van der Waals surface area (Å²) in [6.45, 7) is 5.74. The Kier molecular flexibility index (Phi) is 2.40. The fourth-order valence-corrected chi connectivity index (χ4v) is 2.78. The van der Waals surface area contributed by atoms with Gasteiger partial charge in [-0.1, -0.05) is 26.7 Å². The van der Waals surface area contributed by atoms with Gasteiger partial charge < -0.3 is 4.74 Å². The van der Waals surface area contributed by atoms with Crippen LogP contribution in [0, 0.1) is 17.8 Å². The smallest absolute Gasteiger partial charge is 0.0606 e. The van der Waals surface area contributed by atoms with Crippen molar-refractivity contribution in [3.63, 3.8) is 0 Å². The molecule has 1 heterocycles. The number of rotatable bonds is 0. The third-order valence-corrected chi connectivity index (χ3v) is 3.90. The van der Waals surface area contributed by atoms with Crippen LogP contribution >= 0.6 is 0 Å². The van der Waals surface area contributed by atoms with Crippen LogP contribution in [0.5, 0.6) is 0 Å². The predicted molar refractivity (Wildman–Crippen MR) is 50.0 cm³/mol. The molecule has 0 aromatic carbocycles. The molecule has 1 aliphatic heterocycles. The maximum Gasteiger partial charge on any atom is 0.0606 e. The van der Waals surface area contributed by atoms with E-state index in [0.717, 1.165) is 24.4 Å². The van der Waals surface area contributed by atoms with Crippen molar-refractivity contribution in [2.75, 3.05) is 6.61 Å². The van der Waals surface area contributed by atoms with Crippen LogP contribution in [0.4, 0.5) is 0 Å². The van der Waals surface area contributed by atoms with Gasteiger partial charge in [-0.3, -0.25) is 0 Å². The van der Waals surface area contributed by atoms with Gasteiger partial charge in [-0.05, 0) is 30.6 Å². The fourth-order valence-electron chi connectivity index (χ4n) is 2.78. The molecular formula is C11H20O. The minimum atomic E-state index is 0.616. The highest BCUT2D eigenvalue weighted by molar-refractivity contribution is 4.85. The lowest BCUT2D eigenvalue weighted by atomic mass is 9.72. The summed E-state index contributed by atoms with van der Waals surface area (Å²) in [5.74, 6) is 2.55. The second-order valence-corrected chi connectivity index (χ2v) is 4.66. The van der Waals surface area contributed by atoms with Crippen molar-refractivity contribution in [3.8, 4) is 0 Å². The Morgan fingerprint density at radius 3 is 2.67 bits per heavy atom. The molecular weight excluding hydrogens is 148 g/mol. The molecule has 0 N–H and O–H groups in total. The van der Waals surface area contributed by atoms with E-state index in [1.165, 1.54) is 25.7 Å². The molecule has 2 rings (SSSR count). The number of fused-ring (bicyclic) bond motifs is 1. The Morgan fingerprint density at radius 1 is 1.08 bits per heavy atom. The Bertz CT molecular complexity index is 153. The van der Waals surface area contributed by atoms with Crippen LogP contribution in [0.2, 0.25) is 0 Å². The maximum absolute atomic E-state index is 5.86. The SMILES string of the molecule is C[C@@H]1COC2CCCCC2[C@@H]1C. The number of hydrogen-bond donors (Lipinski definition) is 0. The average molecular weight is 168 g/mol. The summed E-state index contributed by atoms with van der Waals surface area (Å²) in [6, 6.07) is 0. The van der Waals surface area contributed by atoms with E-state index >= 15 is 0 Å². The molecule has 2 unspecified atom stereocenters. The van der Waals surface area contributed by atoms with Gasteiger partial charge >= 0.3 is 0 Å². The van der Waals surface area contributed by atoms with Crippen LogP contribution in [0.3, 0.4) is 0 Å². The molecule has 4 atom stereocenters. The Balaban J connectivity index is 2.03. The third kappa shape index (κ3) is 1.39. The van der Waals surface area contributed by atoms with E-state index in [-0.39, 0.29) is 0 Å². The Labute approximate surface area is 75.5 Å². The summed E-state index contributed by atoms with van der Waals surface area (Å²) in [5.41, 5.74) is 0. The highest BCUT2D eigenvalue weighted by Gasteiger charge is 2.36. The Morgan fingerprint density at radius 2 is 1.83 bits per heavy atom. The molecule has 0 aromatic heterocycles. The predicted octanol–water partition coefficient (Wildman–Crippen LogP) is 2.85. The highest BCUT2D eigenvalue weighted by atomic mass is 16.5. The normalized spacial score (nSPS) is 48.5. The molecule has 1 heteroatoms. The first kappa shape index (κ1) is 8.55. The summed E-state index contributed by atoms with van der Waals surface area (Å²) in [5, 5.41) is 0. The van der Waals surface area contributed by atoms with Gasteiger partial charge in [-0.2, -0.15) is 0 Å². The molecule has 0 spiro atoms. The fraction of sp³-hybridized carbons (Fsp3) is 1.00. The van der Waals surface area contributed by atoms with Crippen LogP contribution in [-0.4, -0.2) is 12.7 Å². The van der Waals surface area contributed by atoms with Gasteiger partial charge in [-0.15, -0.1) is 0 Å². The molecule has 0 bridgehead atoms. The van der Waals surface area contributed by atoms with E-state index in [1.807, 2.05) is 0 Å². The average Bonchev–Trinajstić information content (AvgIpc) is 2.12. The molecule has 0 amide bonds. The van der Waals surface area contributed by atoms with Gasteiger partial charge in [0.25, 0.3) is 0 Å². The first-order valence-electron chi connectivity index (χ1n) is 5.40. The van der Waals surface area contributed by atoms with Gasteiger partial charge in [0, 0.05) is 6.61 Å². The topological polar surface area (TPSA) is 9.23 Å². The summed E-state index contributed by atoms with van der Waals surface area (Å²) >= 11 is 0. The number of ether oxygens (including phenoxy) is 1.